The summed E-state index contributed by atoms with van der Waals surface area (Å²) in [4.78, 5) is 27.6. The van der Waals surface area contributed by atoms with Gasteiger partial charge < -0.3 is 10.4 Å². The van der Waals surface area contributed by atoms with Gasteiger partial charge in [0.15, 0.2) is 0 Å². The first-order valence-corrected chi connectivity index (χ1v) is 6.43. The smallest absolute Gasteiger partial charge is 0.338 e. The summed E-state index contributed by atoms with van der Waals surface area (Å²) >= 11 is 6.84. The zero-order valence-electron chi connectivity index (χ0n) is 9.81. The van der Waals surface area contributed by atoms with Gasteiger partial charge >= 0.3 is 5.97 Å². The number of nitrogens with zero attached hydrogens (tertiary/aromatic N) is 1. The predicted octanol–water partition coefficient (Wildman–Crippen LogP) is 3.06. The fourth-order valence-electron chi connectivity index (χ4n) is 1.45. The van der Waals surface area contributed by atoms with E-state index in [0.29, 0.717) is 10.6 Å². The van der Waals surface area contributed by atoms with Crippen LogP contribution in [0.3, 0.4) is 0 Å². The molecule has 2 heterocycles. The second-order valence-corrected chi connectivity index (χ2v) is 5.37. The molecule has 0 bridgehead atoms. The van der Waals surface area contributed by atoms with E-state index in [4.69, 9.17) is 16.7 Å². The van der Waals surface area contributed by atoms with Crippen LogP contribution in [0.4, 0.5) is 5.00 Å². The standard InChI is InChI=1S/C12H9ClN2O3S/c1-6-4-8(12(17)18)11(19-6)15-10(16)7-2-3-9(13)14-5-7/h2-5H,1H3,(H,15,16)(H,17,18). The lowest BCUT2D eigenvalue weighted by Crippen LogP contribution is -2.13. The number of hydrogen-bond acceptors (Lipinski definition) is 4. The molecular formula is C12H9ClN2O3S. The molecule has 0 radical (unpaired) electrons. The summed E-state index contributed by atoms with van der Waals surface area (Å²) < 4.78 is 0. The minimum Gasteiger partial charge on any atom is -0.478 e. The van der Waals surface area contributed by atoms with Gasteiger partial charge in [-0.25, -0.2) is 9.78 Å². The fraction of sp³-hybridized carbons (Fsp3) is 0.0833. The molecule has 2 aromatic heterocycles. The maximum atomic E-state index is 11.9. The Balaban J connectivity index is 2.24. The highest BCUT2D eigenvalue weighted by atomic mass is 35.5. The number of carboxylic acid groups (broad SMARTS) is 1. The van der Waals surface area contributed by atoms with Gasteiger partial charge in [0.2, 0.25) is 0 Å². The fourth-order valence-corrected chi connectivity index (χ4v) is 2.46. The molecular weight excluding hydrogens is 288 g/mol. The van der Waals surface area contributed by atoms with E-state index >= 15 is 0 Å². The Hall–Kier alpha value is -1.92. The third kappa shape index (κ3) is 3.10. The number of anilines is 1. The van der Waals surface area contributed by atoms with Crippen LogP contribution < -0.4 is 5.32 Å². The number of thiophene rings is 1. The van der Waals surface area contributed by atoms with E-state index in [-0.39, 0.29) is 10.7 Å². The predicted molar refractivity (Wildman–Crippen MR) is 73.2 cm³/mol. The number of carboxylic acids is 1. The number of carbonyl (C=O) groups is 2. The highest BCUT2D eigenvalue weighted by Crippen LogP contribution is 2.28. The molecule has 0 atom stereocenters. The summed E-state index contributed by atoms with van der Waals surface area (Å²) in [5.74, 6) is -1.50. The molecule has 1 amide bonds. The maximum Gasteiger partial charge on any atom is 0.338 e. The van der Waals surface area contributed by atoms with Gasteiger partial charge in [-0.1, -0.05) is 11.6 Å². The largest absolute Gasteiger partial charge is 0.478 e. The van der Waals surface area contributed by atoms with Gasteiger partial charge in [-0.05, 0) is 25.1 Å². The second kappa shape index (κ2) is 5.38. The Labute approximate surface area is 117 Å². The first kappa shape index (κ1) is 13.5. The van der Waals surface area contributed by atoms with Crippen molar-refractivity contribution >= 4 is 39.8 Å². The topological polar surface area (TPSA) is 79.3 Å². The molecule has 5 nitrogen and oxygen atoms in total. The first-order valence-electron chi connectivity index (χ1n) is 5.24. The van der Waals surface area contributed by atoms with E-state index < -0.39 is 11.9 Å². The van der Waals surface area contributed by atoms with Crippen LogP contribution in [0.15, 0.2) is 24.4 Å². The summed E-state index contributed by atoms with van der Waals surface area (Å²) in [6.07, 6.45) is 1.33. The zero-order valence-corrected chi connectivity index (χ0v) is 11.4. The van der Waals surface area contributed by atoms with Crippen molar-refractivity contribution in [3.63, 3.8) is 0 Å². The lowest BCUT2D eigenvalue weighted by Gasteiger charge is -2.03. The second-order valence-electron chi connectivity index (χ2n) is 3.73. The minimum atomic E-state index is -1.08. The molecule has 2 N–H and O–H groups in total. The van der Waals surface area contributed by atoms with E-state index in [1.165, 1.54) is 35.7 Å². The summed E-state index contributed by atoms with van der Waals surface area (Å²) in [6.45, 7) is 1.77. The quantitative estimate of drug-likeness (QED) is 0.853. The molecule has 0 unspecified atom stereocenters. The van der Waals surface area contributed by atoms with E-state index in [2.05, 4.69) is 10.3 Å². The molecule has 0 aliphatic rings. The lowest BCUT2D eigenvalue weighted by molar-refractivity contribution is 0.0698. The summed E-state index contributed by atoms with van der Waals surface area (Å²) in [5, 5.41) is 12.2. The number of aromatic nitrogens is 1. The first-order chi connectivity index (χ1) is 8.97. The van der Waals surface area contributed by atoms with Crippen LogP contribution in [0, 0.1) is 6.92 Å². The van der Waals surface area contributed by atoms with Gasteiger partial charge in [-0.3, -0.25) is 4.79 Å². The van der Waals surface area contributed by atoms with Crippen molar-refractivity contribution in [1.29, 1.82) is 0 Å². The summed E-state index contributed by atoms with van der Waals surface area (Å²) in [6, 6.07) is 4.53. The lowest BCUT2D eigenvalue weighted by atomic mass is 10.2. The monoisotopic (exact) mass is 296 g/mol. The maximum absolute atomic E-state index is 11.9. The summed E-state index contributed by atoms with van der Waals surface area (Å²) in [7, 11) is 0. The molecule has 2 aromatic rings. The van der Waals surface area contributed by atoms with Crippen molar-refractivity contribution in [1.82, 2.24) is 4.98 Å². The highest BCUT2D eigenvalue weighted by Gasteiger charge is 2.16. The van der Waals surface area contributed by atoms with E-state index in [0.717, 1.165) is 4.88 Å². The number of halogens is 1. The molecule has 0 aliphatic heterocycles. The SMILES string of the molecule is Cc1cc(C(=O)O)c(NC(=O)c2ccc(Cl)nc2)s1. The van der Waals surface area contributed by atoms with Gasteiger partial charge in [0.05, 0.1) is 11.1 Å². The number of nitrogens with one attached hydrogen (secondary N) is 1. The Morgan fingerprint density at radius 1 is 1.42 bits per heavy atom. The Morgan fingerprint density at radius 2 is 2.16 bits per heavy atom. The van der Waals surface area contributed by atoms with Crippen molar-refractivity contribution in [3.05, 3.63) is 45.6 Å². The van der Waals surface area contributed by atoms with Crippen molar-refractivity contribution in [2.75, 3.05) is 5.32 Å². The van der Waals surface area contributed by atoms with Crippen LogP contribution in [0.2, 0.25) is 5.15 Å². The third-order valence-electron chi connectivity index (χ3n) is 2.30. The highest BCUT2D eigenvalue weighted by molar-refractivity contribution is 7.16. The Bertz CT molecular complexity index is 637. The van der Waals surface area contributed by atoms with Crippen LogP contribution in [0.25, 0.3) is 0 Å². The third-order valence-corrected chi connectivity index (χ3v) is 3.49. The molecule has 2 rings (SSSR count). The van der Waals surface area contributed by atoms with Gasteiger partial charge in [0.25, 0.3) is 5.91 Å². The van der Waals surface area contributed by atoms with Crippen molar-refractivity contribution in [2.45, 2.75) is 6.92 Å². The van der Waals surface area contributed by atoms with Crippen molar-refractivity contribution in [2.24, 2.45) is 0 Å². The number of aromatic carboxylic acids is 1. The van der Waals surface area contributed by atoms with Crippen LogP contribution in [0.5, 0.6) is 0 Å². The van der Waals surface area contributed by atoms with Gasteiger partial charge in [-0.2, -0.15) is 0 Å². The molecule has 98 valence electrons. The molecule has 0 aliphatic carbocycles. The normalized spacial score (nSPS) is 10.2. The van der Waals surface area contributed by atoms with Crippen LogP contribution in [-0.4, -0.2) is 22.0 Å². The molecule has 0 aromatic carbocycles. The average Bonchev–Trinajstić information content (AvgIpc) is 2.71. The number of hydrogen-bond donors (Lipinski definition) is 2. The summed E-state index contributed by atoms with van der Waals surface area (Å²) in [5.41, 5.74) is 0.393. The van der Waals surface area contributed by atoms with E-state index in [1.54, 1.807) is 6.92 Å². The van der Waals surface area contributed by atoms with E-state index in [9.17, 15) is 9.59 Å². The molecule has 19 heavy (non-hydrogen) atoms. The van der Waals surface area contributed by atoms with Crippen LogP contribution in [-0.2, 0) is 0 Å². The zero-order chi connectivity index (χ0) is 14.0. The van der Waals surface area contributed by atoms with Crippen LogP contribution >= 0.6 is 22.9 Å². The Kier molecular flexibility index (Phi) is 3.82. The molecule has 0 saturated carbocycles. The van der Waals surface area contributed by atoms with Crippen molar-refractivity contribution < 1.29 is 14.7 Å². The minimum absolute atomic E-state index is 0.0813. The number of carbonyl (C=O) groups excluding carboxylic acids is 1. The van der Waals surface area contributed by atoms with Gasteiger partial charge in [-0.15, -0.1) is 11.3 Å². The average molecular weight is 297 g/mol. The number of aryl methyl sites for hydroxylation is 1. The molecule has 0 spiro atoms. The van der Waals surface area contributed by atoms with E-state index in [1.807, 2.05) is 0 Å². The van der Waals surface area contributed by atoms with Gasteiger partial charge in [0, 0.05) is 11.1 Å². The number of rotatable bonds is 3. The van der Waals surface area contributed by atoms with Crippen LogP contribution in [0.1, 0.15) is 25.6 Å². The molecule has 0 saturated heterocycles. The number of amides is 1. The van der Waals surface area contributed by atoms with Gasteiger partial charge in [0.1, 0.15) is 10.2 Å². The molecule has 0 fully saturated rings. The molecule has 7 heteroatoms. The number of pyridine rings is 1. The van der Waals surface area contributed by atoms with Crippen molar-refractivity contribution in [3.8, 4) is 0 Å². The Morgan fingerprint density at radius 3 is 2.74 bits per heavy atom.